The normalized spacial score (nSPS) is 12.9. The summed E-state index contributed by atoms with van der Waals surface area (Å²) >= 11 is 0. The molecule has 0 aromatic heterocycles. The lowest BCUT2D eigenvalue weighted by Gasteiger charge is -2.40. The van der Waals surface area contributed by atoms with E-state index in [1.807, 2.05) is 0 Å². The zero-order valence-corrected chi connectivity index (χ0v) is 27.1. The maximum Gasteiger partial charge on any atom is 0.285 e. The molecule has 0 heterocycles. The van der Waals surface area contributed by atoms with Crippen molar-refractivity contribution in [2.45, 2.75) is 201 Å². The van der Waals surface area contributed by atoms with Crippen LogP contribution in [-0.2, 0) is 14.2 Å². The third kappa shape index (κ3) is 21.7. The van der Waals surface area contributed by atoms with Gasteiger partial charge in [-0.15, -0.1) is 0 Å². The number of hydrogen-bond acceptors (Lipinski definition) is 3. The van der Waals surface area contributed by atoms with Gasteiger partial charge >= 0.3 is 0 Å². The first-order valence-electron chi connectivity index (χ1n) is 17.6. The van der Waals surface area contributed by atoms with Crippen molar-refractivity contribution in [3.8, 4) is 0 Å². The van der Waals surface area contributed by atoms with Crippen LogP contribution in [0.25, 0.3) is 0 Å². The maximum absolute atomic E-state index is 6.47. The van der Waals surface area contributed by atoms with Gasteiger partial charge in [0.1, 0.15) is 0 Å². The summed E-state index contributed by atoms with van der Waals surface area (Å²) in [4.78, 5) is 0. The summed E-state index contributed by atoms with van der Waals surface area (Å²) in [6.07, 6.45) is 32.9. The van der Waals surface area contributed by atoms with E-state index >= 15 is 0 Å². The second-order valence-corrected chi connectivity index (χ2v) is 11.8. The van der Waals surface area contributed by atoms with Crippen LogP contribution >= 0.6 is 0 Å². The van der Waals surface area contributed by atoms with E-state index in [-0.39, 0.29) is 0 Å². The first-order valence-corrected chi connectivity index (χ1v) is 17.6. The smallest absolute Gasteiger partial charge is 0.285 e. The van der Waals surface area contributed by atoms with Crippen LogP contribution in [-0.4, -0.2) is 25.8 Å². The highest BCUT2D eigenvalue weighted by molar-refractivity contribution is 4.74. The Morgan fingerprint density at radius 2 is 0.605 bits per heavy atom. The van der Waals surface area contributed by atoms with Crippen LogP contribution in [0, 0.1) is 5.92 Å². The highest BCUT2D eigenvalue weighted by Crippen LogP contribution is 2.35. The van der Waals surface area contributed by atoms with Crippen molar-refractivity contribution in [2.24, 2.45) is 5.92 Å². The van der Waals surface area contributed by atoms with Crippen molar-refractivity contribution in [2.75, 3.05) is 19.8 Å². The van der Waals surface area contributed by atoms with Crippen molar-refractivity contribution in [1.82, 2.24) is 0 Å². The van der Waals surface area contributed by atoms with Gasteiger partial charge in [0, 0.05) is 5.92 Å². The molecule has 0 fully saturated rings. The Morgan fingerprint density at radius 3 is 0.868 bits per heavy atom. The number of hydrogen-bond donors (Lipinski definition) is 0. The summed E-state index contributed by atoms with van der Waals surface area (Å²) in [5, 5.41) is 0. The molecule has 0 aliphatic heterocycles. The summed E-state index contributed by atoms with van der Waals surface area (Å²) in [7, 11) is 0. The fourth-order valence-corrected chi connectivity index (χ4v) is 5.47. The molecule has 3 nitrogen and oxygen atoms in total. The Labute approximate surface area is 240 Å². The van der Waals surface area contributed by atoms with Crippen LogP contribution in [0.4, 0.5) is 0 Å². The van der Waals surface area contributed by atoms with Crippen LogP contribution in [0.3, 0.4) is 0 Å². The third-order valence-electron chi connectivity index (χ3n) is 7.83. The predicted octanol–water partition coefficient (Wildman–Crippen LogP) is 12.2. The number of rotatable bonds is 32. The largest absolute Gasteiger partial charge is 0.327 e. The molecular formula is C35H72O3. The second kappa shape index (κ2) is 29.9. The van der Waals surface area contributed by atoms with Gasteiger partial charge in [0.05, 0.1) is 19.8 Å². The van der Waals surface area contributed by atoms with Crippen LogP contribution in [0.1, 0.15) is 195 Å². The van der Waals surface area contributed by atoms with E-state index in [1.54, 1.807) is 0 Å². The lowest BCUT2D eigenvalue weighted by Crippen LogP contribution is -2.47. The molecule has 230 valence electrons. The van der Waals surface area contributed by atoms with E-state index in [9.17, 15) is 0 Å². The van der Waals surface area contributed by atoms with Gasteiger partial charge in [-0.2, -0.15) is 0 Å². The molecule has 0 aliphatic carbocycles. The van der Waals surface area contributed by atoms with E-state index in [2.05, 4.69) is 34.6 Å². The molecule has 0 aliphatic rings. The van der Waals surface area contributed by atoms with Crippen LogP contribution in [0.15, 0.2) is 0 Å². The zero-order valence-electron chi connectivity index (χ0n) is 27.1. The first-order chi connectivity index (χ1) is 18.7. The van der Waals surface area contributed by atoms with Crippen molar-refractivity contribution < 1.29 is 14.2 Å². The Balaban J connectivity index is 4.57. The maximum atomic E-state index is 6.47. The summed E-state index contributed by atoms with van der Waals surface area (Å²) in [6, 6.07) is 0. The molecule has 0 amide bonds. The molecule has 0 rings (SSSR count). The second-order valence-electron chi connectivity index (χ2n) is 11.8. The minimum atomic E-state index is -0.845. The Morgan fingerprint density at radius 1 is 0.342 bits per heavy atom. The highest BCUT2D eigenvalue weighted by Gasteiger charge is 2.41. The number of ether oxygens (including phenoxy) is 3. The molecule has 0 aromatic carbocycles. The third-order valence-corrected chi connectivity index (χ3v) is 7.83. The summed E-state index contributed by atoms with van der Waals surface area (Å²) in [6.45, 7) is 13.3. The molecule has 0 saturated heterocycles. The molecule has 1 atom stereocenters. The monoisotopic (exact) mass is 541 g/mol. The summed E-state index contributed by atoms with van der Waals surface area (Å²) in [5.41, 5.74) is 0. The van der Waals surface area contributed by atoms with E-state index in [4.69, 9.17) is 14.2 Å². The molecule has 0 saturated carbocycles. The topological polar surface area (TPSA) is 27.7 Å². The average Bonchev–Trinajstić information content (AvgIpc) is 2.93. The molecule has 0 aromatic rings. The van der Waals surface area contributed by atoms with Gasteiger partial charge in [-0.3, -0.25) is 0 Å². The lowest BCUT2D eigenvalue weighted by atomic mass is 9.91. The molecule has 1 unspecified atom stereocenters. The van der Waals surface area contributed by atoms with E-state index < -0.39 is 5.97 Å². The van der Waals surface area contributed by atoms with Gasteiger partial charge in [-0.25, -0.2) is 0 Å². The van der Waals surface area contributed by atoms with Crippen LogP contribution in [0.5, 0.6) is 0 Å². The standard InChI is InChI=1S/C35H72O3/c1-6-11-13-15-17-18-19-20-21-22-23-24-26-28-30-34(29-27-25-16-14-12-7-2)35(36-31-8-3,37-32-9-4)38-33-10-5/h34H,6-33H2,1-5H3. The SMILES string of the molecule is CCCCCCCCCCCCCCCCC(CCCCCCCC)C(OCCC)(OCCC)OCCC. The molecule has 0 radical (unpaired) electrons. The van der Waals surface area contributed by atoms with Gasteiger partial charge in [-0.1, -0.05) is 163 Å². The molecule has 0 bridgehead atoms. The van der Waals surface area contributed by atoms with Crippen molar-refractivity contribution in [3.05, 3.63) is 0 Å². The predicted molar refractivity (Wildman–Crippen MR) is 168 cm³/mol. The Hall–Kier alpha value is -0.120. The minimum Gasteiger partial charge on any atom is -0.327 e. The minimum absolute atomic E-state index is 0.329. The highest BCUT2D eigenvalue weighted by atomic mass is 16.9. The van der Waals surface area contributed by atoms with E-state index in [0.717, 1.165) is 32.1 Å². The fourth-order valence-electron chi connectivity index (χ4n) is 5.47. The average molecular weight is 541 g/mol. The Bertz CT molecular complexity index is 417. The zero-order chi connectivity index (χ0) is 28.0. The van der Waals surface area contributed by atoms with Crippen molar-refractivity contribution >= 4 is 0 Å². The molecule has 0 N–H and O–H groups in total. The quantitative estimate of drug-likeness (QED) is 0.0627. The van der Waals surface area contributed by atoms with Crippen molar-refractivity contribution in [3.63, 3.8) is 0 Å². The lowest BCUT2D eigenvalue weighted by molar-refractivity contribution is -0.406. The number of unbranched alkanes of at least 4 members (excludes halogenated alkanes) is 18. The summed E-state index contributed by atoms with van der Waals surface area (Å²) < 4.78 is 19.4. The van der Waals surface area contributed by atoms with Crippen LogP contribution in [0.2, 0.25) is 0 Å². The van der Waals surface area contributed by atoms with Crippen molar-refractivity contribution in [1.29, 1.82) is 0 Å². The van der Waals surface area contributed by atoms with Gasteiger partial charge in [0.25, 0.3) is 5.97 Å². The first kappa shape index (κ1) is 37.9. The summed E-state index contributed by atoms with van der Waals surface area (Å²) in [5.74, 6) is -0.516. The van der Waals surface area contributed by atoms with Crippen LogP contribution < -0.4 is 0 Å². The molecular weight excluding hydrogens is 468 g/mol. The van der Waals surface area contributed by atoms with E-state index in [0.29, 0.717) is 25.7 Å². The van der Waals surface area contributed by atoms with Gasteiger partial charge in [0.2, 0.25) is 0 Å². The Kier molecular flexibility index (Phi) is 29.8. The molecule has 0 spiro atoms. The fraction of sp³-hybridized carbons (Fsp3) is 1.00. The van der Waals surface area contributed by atoms with E-state index in [1.165, 1.54) is 128 Å². The van der Waals surface area contributed by atoms with Gasteiger partial charge in [-0.05, 0) is 32.1 Å². The van der Waals surface area contributed by atoms with Gasteiger partial charge in [0.15, 0.2) is 0 Å². The molecule has 3 heteroatoms. The van der Waals surface area contributed by atoms with Gasteiger partial charge < -0.3 is 14.2 Å². The molecule has 38 heavy (non-hydrogen) atoms.